The third kappa shape index (κ3) is 1.27. The van der Waals surface area contributed by atoms with Crippen molar-refractivity contribution in [2.45, 2.75) is 13.0 Å². The van der Waals surface area contributed by atoms with Crippen molar-refractivity contribution in [1.82, 2.24) is 9.55 Å². The molecular weight excluding hydrogens is 218 g/mol. The second kappa shape index (κ2) is 3.25. The smallest absolute Gasteiger partial charge is 0.166 e. The van der Waals surface area contributed by atoms with Crippen LogP contribution in [0.1, 0.15) is 11.3 Å². The number of aryl methyl sites for hydroxylation is 2. The number of hydrogen-bond acceptors (Lipinski definition) is 4. The Balaban J connectivity index is 2.32. The van der Waals surface area contributed by atoms with Crippen LogP contribution < -0.4 is 0 Å². The molecule has 1 aliphatic heterocycles. The van der Waals surface area contributed by atoms with Crippen LogP contribution in [0.2, 0.25) is 0 Å². The highest BCUT2D eigenvalue weighted by molar-refractivity contribution is 5.73. The van der Waals surface area contributed by atoms with E-state index in [1.54, 1.807) is 12.4 Å². The predicted octanol–water partition coefficient (Wildman–Crippen LogP) is 1.39. The third-order valence-corrected chi connectivity index (χ3v) is 3.02. The lowest BCUT2D eigenvalue weighted by atomic mass is 9.96. The van der Waals surface area contributed by atoms with E-state index in [4.69, 9.17) is 5.26 Å². The van der Waals surface area contributed by atoms with Crippen LogP contribution in [-0.2, 0) is 13.0 Å². The van der Waals surface area contributed by atoms with E-state index in [2.05, 4.69) is 4.98 Å². The Hall–Kier alpha value is -2.48. The molecule has 2 heterocycles. The average molecular weight is 227 g/mol. The highest BCUT2D eigenvalue weighted by Gasteiger charge is 2.22. The number of benzene rings is 1. The van der Waals surface area contributed by atoms with E-state index in [9.17, 15) is 10.2 Å². The fourth-order valence-electron chi connectivity index (χ4n) is 2.20. The van der Waals surface area contributed by atoms with E-state index in [-0.39, 0.29) is 11.5 Å². The molecule has 5 nitrogen and oxygen atoms in total. The van der Waals surface area contributed by atoms with Crippen LogP contribution in [0.5, 0.6) is 11.5 Å². The molecule has 84 valence electrons. The minimum Gasteiger partial charge on any atom is -0.504 e. The van der Waals surface area contributed by atoms with Crippen molar-refractivity contribution in [3.63, 3.8) is 0 Å². The number of phenols is 2. The topological polar surface area (TPSA) is 82.1 Å². The van der Waals surface area contributed by atoms with Crippen LogP contribution in [0.4, 0.5) is 0 Å². The number of hydrogen-bond donors (Lipinski definition) is 2. The molecule has 0 saturated heterocycles. The number of rotatable bonds is 0. The quantitative estimate of drug-likeness (QED) is 0.666. The van der Waals surface area contributed by atoms with Crippen molar-refractivity contribution in [3.05, 3.63) is 29.7 Å². The minimum absolute atomic E-state index is 0.129. The first-order chi connectivity index (χ1) is 8.20. The summed E-state index contributed by atoms with van der Waals surface area (Å²) >= 11 is 0. The van der Waals surface area contributed by atoms with E-state index in [1.807, 2.05) is 10.6 Å². The Morgan fingerprint density at radius 3 is 2.82 bits per heavy atom. The first-order valence-corrected chi connectivity index (χ1v) is 5.21. The minimum atomic E-state index is -0.178. The molecule has 1 aliphatic rings. The number of nitrogens with zero attached hydrogens (tertiary/aromatic N) is 3. The van der Waals surface area contributed by atoms with Gasteiger partial charge in [0.25, 0.3) is 0 Å². The number of phenolic OH excluding ortho intramolecular Hbond substituents is 2. The van der Waals surface area contributed by atoms with Gasteiger partial charge in [0.2, 0.25) is 0 Å². The van der Waals surface area contributed by atoms with Gasteiger partial charge >= 0.3 is 0 Å². The molecule has 1 aromatic heterocycles. The van der Waals surface area contributed by atoms with Crippen molar-refractivity contribution >= 4 is 0 Å². The number of imidazole rings is 1. The van der Waals surface area contributed by atoms with Crippen LogP contribution in [-0.4, -0.2) is 19.8 Å². The van der Waals surface area contributed by atoms with Gasteiger partial charge in [-0.2, -0.15) is 5.26 Å². The van der Waals surface area contributed by atoms with Gasteiger partial charge in [0, 0.05) is 12.1 Å². The molecule has 2 aromatic rings. The van der Waals surface area contributed by atoms with Crippen LogP contribution in [0.3, 0.4) is 0 Å². The summed E-state index contributed by atoms with van der Waals surface area (Å²) in [6.07, 6.45) is 2.37. The van der Waals surface area contributed by atoms with Crippen molar-refractivity contribution in [2.24, 2.45) is 0 Å². The van der Waals surface area contributed by atoms with Crippen LogP contribution in [0.25, 0.3) is 11.3 Å². The molecule has 5 heteroatoms. The maximum Gasteiger partial charge on any atom is 0.166 e. The summed E-state index contributed by atoms with van der Waals surface area (Å²) < 4.78 is 1.89. The van der Waals surface area contributed by atoms with Crippen LogP contribution in [0.15, 0.2) is 18.5 Å². The summed E-state index contributed by atoms with van der Waals surface area (Å²) in [6.45, 7) is 0.723. The predicted molar refractivity (Wildman–Crippen MR) is 59.4 cm³/mol. The lowest BCUT2D eigenvalue weighted by Gasteiger charge is -2.19. The molecule has 0 unspecified atom stereocenters. The first kappa shape index (κ1) is 9.73. The molecule has 0 spiro atoms. The number of aromatic nitrogens is 2. The molecule has 0 aliphatic carbocycles. The summed E-state index contributed by atoms with van der Waals surface area (Å²) in [7, 11) is 0. The summed E-state index contributed by atoms with van der Waals surface area (Å²) in [5, 5.41) is 28.0. The van der Waals surface area contributed by atoms with Gasteiger partial charge in [-0.15, -0.1) is 0 Å². The van der Waals surface area contributed by atoms with Gasteiger partial charge in [-0.1, -0.05) is 0 Å². The second-order valence-corrected chi connectivity index (χ2v) is 4.00. The van der Waals surface area contributed by atoms with E-state index in [1.165, 1.54) is 6.07 Å². The van der Waals surface area contributed by atoms with E-state index in [0.717, 1.165) is 24.1 Å². The zero-order valence-electron chi connectivity index (χ0n) is 8.88. The number of fused-ring (bicyclic) bond motifs is 3. The molecule has 0 radical (unpaired) electrons. The second-order valence-electron chi connectivity index (χ2n) is 4.00. The molecule has 0 atom stereocenters. The molecule has 2 N–H and O–H groups in total. The van der Waals surface area contributed by atoms with E-state index < -0.39 is 0 Å². The SMILES string of the molecule is N#Cc1ncn2c1-c1cc(O)c(O)cc1CC2. The van der Waals surface area contributed by atoms with Crippen molar-refractivity contribution in [3.8, 4) is 28.8 Å². The summed E-state index contributed by atoms with van der Waals surface area (Å²) in [4.78, 5) is 4.02. The lowest BCUT2D eigenvalue weighted by Crippen LogP contribution is -2.10. The normalized spacial score (nSPS) is 12.6. The third-order valence-electron chi connectivity index (χ3n) is 3.02. The average Bonchev–Trinajstić information content (AvgIpc) is 2.74. The van der Waals surface area contributed by atoms with Gasteiger partial charge in [-0.25, -0.2) is 4.98 Å². The Morgan fingerprint density at radius 2 is 2.06 bits per heavy atom. The van der Waals surface area contributed by atoms with Gasteiger partial charge in [-0.3, -0.25) is 0 Å². The lowest BCUT2D eigenvalue weighted by molar-refractivity contribution is 0.403. The highest BCUT2D eigenvalue weighted by Crippen LogP contribution is 2.38. The molecule has 1 aromatic carbocycles. The van der Waals surface area contributed by atoms with Crippen LogP contribution >= 0.6 is 0 Å². The Labute approximate surface area is 97.2 Å². The van der Waals surface area contributed by atoms with Crippen LogP contribution in [0, 0.1) is 11.3 Å². The highest BCUT2D eigenvalue weighted by atomic mass is 16.3. The number of aromatic hydroxyl groups is 2. The first-order valence-electron chi connectivity index (χ1n) is 5.21. The molecule has 0 saturated carbocycles. The van der Waals surface area contributed by atoms with Crippen molar-refractivity contribution < 1.29 is 10.2 Å². The van der Waals surface area contributed by atoms with Gasteiger partial charge in [-0.05, 0) is 24.1 Å². The van der Waals surface area contributed by atoms with Gasteiger partial charge in [0.05, 0.1) is 12.0 Å². The largest absolute Gasteiger partial charge is 0.504 e. The number of nitriles is 1. The maximum absolute atomic E-state index is 9.54. The summed E-state index contributed by atoms with van der Waals surface area (Å²) in [6, 6.07) is 5.06. The van der Waals surface area contributed by atoms with Crippen molar-refractivity contribution in [1.29, 1.82) is 5.26 Å². The zero-order valence-corrected chi connectivity index (χ0v) is 8.88. The van der Waals surface area contributed by atoms with Gasteiger partial charge < -0.3 is 14.8 Å². The fraction of sp³-hybridized carbons (Fsp3) is 0.167. The summed E-state index contributed by atoms with van der Waals surface area (Å²) in [5.74, 6) is -0.308. The molecule has 17 heavy (non-hydrogen) atoms. The van der Waals surface area contributed by atoms with E-state index >= 15 is 0 Å². The van der Waals surface area contributed by atoms with Gasteiger partial charge in [0.15, 0.2) is 17.2 Å². The molecule has 0 bridgehead atoms. The maximum atomic E-state index is 9.54. The Kier molecular flexibility index (Phi) is 1.86. The van der Waals surface area contributed by atoms with E-state index in [0.29, 0.717) is 11.4 Å². The molecule has 0 fully saturated rings. The molecular formula is C12H9N3O2. The Bertz CT molecular complexity index is 653. The zero-order chi connectivity index (χ0) is 12.0. The fourth-order valence-corrected chi connectivity index (χ4v) is 2.20. The monoisotopic (exact) mass is 227 g/mol. The van der Waals surface area contributed by atoms with Crippen molar-refractivity contribution in [2.75, 3.05) is 0 Å². The molecule has 0 amide bonds. The Morgan fingerprint density at radius 1 is 1.29 bits per heavy atom. The van der Waals surface area contributed by atoms with Gasteiger partial charge in [0.1, 0.15) is 6.07 Å². The summed E-state index contributed by atoms with van der Waals surface area (Å²) in [5.41, 5.74) is 2.74. The molecule has 3 rings (SSSR count). The standard InChI is InChI=1S/C12H9N3O2/c13-5-9-12-8-4-11(17)10(16)3-7(8)1-2-15(12)6-14-9/h3-4,6,16-17H,1-2H2.